The SMILES string of the molecule is O=[N+]([O-])c1ccc([C@@H]2Nc3ccc4ccccc4c3[C@H]3[C@@H](Cl)[C@@H](Sc4ccccc4[N+](=O)[O-])C[C@@H]32)cc1. The van der Waals surface area contributed by atoms with Crippen LogP contribution in [0.5, 0.6) is 0 Å². The summed E-state index contributed by atoms with van der Waals surface area (Å²) >= 11 is 8.75. The second-order valence-corrected chi connectivity index (χ2v) is 11.3. The van der Waals surface area contributed by atoms with Crippen molar-refractivity contribution in [1.82, 2.24) is 0 Å². The Morgan fingerprint density at radius 3 is 2.35 bits per heavy atom. The van der Waals surface area contributed by atoms with E-state index < -0.39 is 4.92 Å². The fourth-order valence-electron chi connectivity index (χ4n) is 5.90. The molecule has 1 saturated carbocycles. The first kappa shape index (κ1) is 23.8. The van der Waals surface area contributed by atoms with Gasteiger partial charge in [-0.25, -0.2) is 0 Å². The van der Waals surface area contributed by atoms with Crippen molar-refractivity contribution in [3.63, 3.8) is 0 Å². The number of halogens is 1. The van der Waals surface area contributed by atoms with Crippen LogP contribution >= 0.6 is 23.4 Å². The molecule has 0 bridgehead atoms. The Labute approximate surface area is 222 Å². The highest BCUT2D eigenvalue weighted by Gasteiger charge is 2.51. The Balaban J connectivity index is 1.44. The highest BCUT2D eigenvalue weighted by Crippen LogP contribution is 2.59. The van der Waals surface area contributed by atoms with Crippen molar-refractivity contribution in [2.24, 2.45) is 5.92 Å². The van der Waals surface area contributed by atoms with E-state index in [1.807, 2.05) is 30.3 Å². The van der Waals surface area contributed by atoms with Crippen LogP contribution in [-0.4, -0.2) is 20.5 Å². The summed E-state index contributed by atoms with van der Waals surface area (Å²) in [5, 5.41) is 28.5. The summed E-state index contributed by atoms with van der Waals surface area (Å²) in [5.41, 5.74) is 3.27. The number of thioether (sulfide) groups is 1. The van der Waals surface area contributed by atoms with Gasteiger partial charge < -0.3 is 5.32 Å². The smallest absolute Gasteiger partial charge is 0.282 e. The lowest BCUT2D eigenvalue weighted by Crippen LogP contribution is -2.31. The maximum absolute atomic E-state index is 11.7. The number of non-ortho nitro benzene ring substituents is 1. The van der Waals surface area contributed by atoms with Gasteiger partial charge in [0.25, 0.3) is 11.4 Å². The topological polar surface area (TPSA) is 98.3 Å². The fourth-order valence-corrected chi connectivity index (χ4v) is 7.84. The summed E-state index contributed by atoms with van der Waals surface area (Å²) in [6, 6.07) is 25.8. The van der Waals surface area contributed by atoms with Crippen molar-refractivity contribution < 1.29 is 9.85 Å². The van der Waals surface area contributed by atoms with Crippen molar-refractivity contribution in [3.8, 4) is 0 Å². The van der Waals surface area contributed by atoms with E-state index in [1.165, 1.54) is 35.5 Å². The maximum atomic E-state index is 11.7. The third kappa shape index (κ3) is 4.10. The molecule has 7 nitrogen and oxygen atoms in total. The Bertz CT molecular complexity index is 1530. The molecule has 1 aliphatic carbocycles. The first-order chi connectivity index (χ1) is 17.9. The minimum absolute atomic E-state index is 0.00415. The lowest BCUT2D eigenvalue weighted by atomic mass is 9.75. The number of nitro benzene ring substituents is 2. The summed E-state index contributed by atoms with van der Waals surface area (Å²) in [6.07, 6.45) is 0.743. The number of hydrogen-bond donors (Lipinski definition) is 1. The van der Waals surface area contributed by atoms with Crippen LogP contribution in [0.4, 0.5) is 17.1 Å². The highest BCUT2D eigenvalue weighted by atomic mass is 35.5. The number of nitrogens with one attached hydrogen (secondary N) is 1. The van der Waals surface area contributed by atoms with Crippen LogP contribution in [0.15, 0.2) is 89.8 Å². The van der Waals surface area contributed by atoms with E-state index >= 15 is 0 Å². The molecule has 1 fully saturated rings. The fraction of sp³-hybridized carbons (Fsp3) is 0.214. The number of anilines is 1. The third-order valence-electron chi connectivity index (χ3n) is 7.51. The molecule has 4 aromatic rings. The molecule has 0 amide bonds. The van der Waals surface area contributed by atoms with Crippen LogP contribution in [0.1, 0.15) is 29.5 Å². The van der Waals surface area contributed by atoms with Gasteiger partial charge in [-0.3, -0.25) is 20.2 Å². The molecule has 1 heterocycles. The van der Waals surface area contributed by atoms with Crippen molar-refractivity contribution >= 4 is 51.2 Å². The molecule has 37 heavy (non-hydrogen) atoms. The Hall–Kier alpha value is -3.62. The standard InChI is InChI=1S/C28H22ClN3O4S/c29-27-24(37-23-8-4-3-7-22(23)32(35)36)15-20-26(27)25-19-6-2-1-5-16(19)11-14-21(25)30-28(20)17-9-12-18(13-10-17)31(33)34/h1-14,20,24,26-28,30H,15H2/t20-,24-,26-,27-,28-/m0/s1. The number of para-hydroxylation sites is 1. The van der Waals surface area contributed by atoms with E-state index in [9.17, 15) is 20.2 Å². The zero-order chi connectivity index (χ0) is 25.7. The number of hydrogen-bond acceptors (Lipinski definition) is 6. The summed E-state index contributed by atoms with van der Waals surface area (Å²) in [6.45, 7) is 0. The zero-order valence-electron chi connectivity index (χ0n) is 19.5. The predicted molar refractivity (Wildman–Crippen MR) is 147 cm³/mol. The van der Waals surface area contributed by atoms with Gasteiger partial charge in [-0.15, -0.1) is 23.4 Å². The van der Waals surface area contributed by atoms with Crippen LogP contribution in [-0.2, 0) is 0 Å². The number of benzene rings is 4. The molecule has 0 radical (unpaired) electrons. The van der Waals surface area contributed by atoms with Crippen molar-refractivity contribution in [3.05, 3.63) is 116 Å². The molecule has 1 N–H and O–H groups in total. The van der Waals surface area contributed by atoms with E-state index in [0.717, 1.165) is 28.4 Å². The molecule has 5 atom stereocenters. The second kappa shape index (κ2) is 9.36. The van der Waals surface area contributed by atoms with Crippen LogP contribution in [0.25, 0.3) is 10.8 Å². The molecule has 0 saturated heterocycles. The molecule has 186 valence electrons. The monoisotopic (exact) mass is 531 g/mol. The summed E-state index contributed by atoms with van der Waals surface area (Å²) in [5.74, 6) is 0.104. The summed E-state index contributed by atoms with van der Waals surface area (Å²) in [7, 11) is 0. The average Bonchev–Trinajstić information content (AvgIpc) is 3.23. The van der Waals surface area contributed by atoms with Crippen LogP contribution in [0.2, 0.25) is 0 Å². The second-order valence-electron chi connectivity index (χ2n) is 9.47. The molecule has 4 aromatic carbocycles. The third-order valence-corrected chi connectivity index (χ3v) is 9.62. The van der Waals surface area contributed by atoms with Crippen molar-refractivity contribution in [1.29, 1.82) is 0 Å². The van der Waals surface area contributed by atoms with E-state index in [0.29, 0.717) is 4.90 Å². The van der Waals surface area contributed by atoms with Gasteiger partial charge in [0.2, 0.25) is 0 Å². The highest BCUT2D eigenvalue weighted by molar-refractivity contribution is 8.00. The first-order valence-electron chi connectivity index (χ1n) is 12.0. The van der Waals surface area contributed by atoms with Crippen LogP contribution < -0.4 is 5.32 Å². The Kier molecular flexibility index (Phi) is 6.01. The number of fused-ring (bicyclic) bond motifs is 5. The molecule has 9 heteroatoms. The van der Waals surface area contributed by atoms with Crippen molar-refractivity contribution in [2.45, 2.75) is 33.9 Å². The normalized spacial score (nSPS) is 24.2. The Morgan fingerprint density at radius 2 is 1.59 bits per heavy atom. The zero-order valence-corrected chi connectivity index (χ0v) is 21.1. The lowest BCUT2D eigenvalue weighted by Gasteiger charge is -2.39. The number of nitrogens with zero attached hydrogens (tertiary/aromatic N) is 2. The Morgan fingerprint density at radius 1 is 0.865 bits per heavy atom. The van der Waals surface area contributed by atoms with Gasteiger partial charge in [-0.2, -0.15) is 0 Å². The number of rotatable bonds is 5. The molecule has 1 aliphatic heterocycles. The number of alkyl halides is 1. The molecular formula is C28H22ClN3O4S. The molecule has 0 spiro atoms. The molecular weight excluding hydrogens is 510 g/mol. The van der Waals surface area contributed by atoms with Gasteiger partial charge in [0.15, 0.2) is 0 Å². The van der Waals surface area contributed by atoms with Gasteiger partial charge in [0, 0.05) is 35.1 Å². The summed E-state index contributed by atoms with van der Waals surface area (Å²) < 4.78 is 0. The van der Waals surface area contributed by atoms with Crippen LogP contribution in [0, 0.1) is 26.1 Å². The quantitative estimate of drug-likeness (QED) is 0.161. The van der Waals surface area contributed by atoms with Gasteiger partial charge in [-0.05, 0) is 46.4 Å². The maximum Gasteiger partial charge on any atom is 0.282 e. The average molecular weight is 532 g/mol. The minimum atomic E-state index is -0.397. The van der Waals surface area contributed by atoms with E-state index in [-0.39, 0.29) is 44.8 Å². The van der Waals surface area contributed by atoms with Gasteiger partial charge >= 0.3 is 0 Å². The summed E-state index contributed by atoms with van der Waals surface area (Å²) in [4.78, 5) is 22.7. The molecule has 2 aliphatic rings. The first-order valence-corrected chi connectivity index (χ1v) is 13.3. The van der Waals surface area contributed by atoms with Gasteiger partial charge in [0.05, 0.1) is 26.2 Å². The largest absolute Gasteiger partial charge is 0.378 e. The van der Waals surface area contributed by atoms with Crippen molar-refractivity contribution in [2.75, 3.05) is 5.32 Å². The van der Waals surface area contributed by atoms with Gasteiger partial charge in [-0.1, -0.05) is 54.6 Å². The van der Waals surface area contributed by atoms with E-state index in [4.69, 9.17) is 11.6 Å². The number of nitro groups is 2. The lowest BCUT2D eigenvalue weighted by molar-refractivity contribution is -0.387. The van der Waals surface area contributed by atoms with E-state index in [2.05, 4.69) is 29.6 Å². The van der Waals surface area contributed by atoms with E-state index in [1.54, 1.807) is 12.1 Å². The predicted octanol–water partition coefficient (Wildman–Crippen LogP) is 7.69. The van der Waals surface area contributed by atoms with Crippen LogP contribution in [0.3, 0.4) is 0 Å². The molecule has 0 unspecified atom stereocenters. The minimum Gasteiger partial charge on any atom is -0.378 e. The molecule has 0 aromatic heterocycles. The van der Waals surface area contributed by atoms with Gasteiger partial charge in [0.1, 0.15) is 0 Å². The molecule has 6 rings (SSSR count).